The zero-order valence-electron chi connectivity index (χ0n) is 9.29. The Labute approximate surface area is 104 Å². The summed E-state index contributed by atoms with van der Waals surface area (Å²) >= 11 is 5.13. The first-order valence-corrected chi connectivity index (χ1v) is 5.81. The fourth-order valence-corrected chi connectivity index (χ4v) is 2.23. The molecule has 1 aromatic rings. The molecule has 2 aliphatic heterocycles. The van der Waals surface area contributed by atoms with E-state index in [0.717, 1.165) is 23.6 Å². The molecule has 0 aromatic heterocycles. The average Bonchev–Trinajstić information content (AvgIpc) is 2.93. The first-order chi connectivity index (χ1) is 8.29. The molecule has 6 heteroatoms. The van der Waals surface area contributed by atoms with Crippen LogP contribution in [-0.2, 0) is 0 Å². The molecule has 2 aliphatic rings. The highest BCUT2D eigenvalue weighted by molar-refractivity contribution is 7.80. The van der Waals surface area contributed by atoms with Crippen molar-refractivity contribution < 1.29 is 9.47 Å². The predicted octanol–water partition coefficient (Wildman–Crippen LogP) is 2.49. The molecule has 1 aromatic carbocycles. The standard InChI is InChI=1S/C11H11N3O2S/c1-2-14-10(12-13-11(14)17)7-3-4-8-9(5-7)16-6-15-8/h3-5,10H,2,6H2,1H3. The Balaban J connectivity index is 1.94. The van der Waals surface area contributed by atoms with Crippen molar-refractivity contribution in [2.24, 2.45) is 10.2 Å². The summed E-state index contributed by atoms with van der Waals surface area (Å²) in [7, 11) is 0. The smallest absolute Gasteiger partial charge is 0.231 e. The van der Waals surface area contributed by atoms with Gasteiger partial charge in [-0.3, -0.25) is 0 Å². The summed E-state index contributed by atoms with van der Waals surface area (Å²) in [6.07, 6.45) is -0.137. The number of rotatable bonds is 2. The fraction of sp³-hybridized carbons (Fsp3) is 0.364. The number of fused-ring (bicyclic) bond motifs is 1. The van der Waals surface area contributed by atoms with Crippen molar-refractivity contribution in [2.75, 3.05) is 13.3 Å². The highest BCUT2D eigenvalue weighted by Gasteiger charge is 2.27. The average molecular weight is 249 g/mol. The molecule has 3 rings (SSSR count). The van der Waals surface area contributed by atoms with Crippen LogP contribution in [0, 0.1) is 0 Å². The van der Waals surface area contributed by atoms with Crippen molar-refractivity contribution in [1.82, 2.24) is 4.90 Å². The first-order valence-electron chi connectivity index (χ1n) is 5.40. The second-order valence-corrected chi connectivity index (χ2v) is 4.14. The Hall–Kier alpha value is -1.69. The summed E-state index contributed by atoms with van der Waals surface area (Å²) in [5, 5.41) is 8.67. The highest BCUT2D eigenvalue weighted by atomic mass is 32.1. The normalized spacial score (nSPS) is 21.4. The quantitative estimate of drug-likeness (QED) is 0.755. The van der Waals surface area contributed by atoms with Crippen LogP contribution in [0.3, 0.4) is 0 Å². The molecule has 0 amide bonds. The second kappa shape index (κ2) is 3.96. The third-order valence-corrected chi connectivity index (χ3v) is 3.15. The zero-order valence-corrected chi connectivity index (χ0v) is 10.1. The van der Waals surface area contributed by atoms with Gasteiger partial charge in [-0.05, 0) is 31.3 Å². The lowest BCUT2D eigenvalue weighted by molar-refractivity contribution is 0.174. The summed E-state index contributed by atoms with van der Waals surface area (Å²) < 4.78 is 10.6. The lowest BCUT2D eigenvalue weighted by Crippen LogP contribution is -2.26. The number of thiocarbonyl (C=S) groups is 1. The molecule has 0 aliphatic carbocycles. The van der Waals surface area contributed by atoms with E-state index in [1.54, 1.807) is 0 Å². The van der Waals surface area contributed by atoms with Gasteiger partial charge in [0.15, 0.2) is 17.7 Å². The maximum atomic E-state index is 5.35. The Bertz CT molecular complexity index is 503. The topological polar surface area (TPSA) is 46.4 Å². The Kier molecular flexibility index (Phi) is 2.44. The van der Waals surface area contributed by atoms with Crippen molar-refractivity contribution in [1.29, 1.82) is 0 Å². The van der Waals surface area contributed by atoms with Gasteiger partial charge in [-0.25, -0.2) is 0 Å². The second-order valence-electron chi connectivity index (χ2n) is 3.77. The summed E-state index contributed by atoms with van der Waals surface area (Å²) in [4.78, 5) is 1.97. The summed E-state index contributed by atoms with van der Waals surface area (Å²) in [5.41, 5.74) is 1.01. The van der Waals surface area contributed by atoms with Crippen molar-refractivity contribution in [3.8, 4) is 11.5 Å². The monoisotopic (exact) mass is 249 g/mol. The van der Waals surface area contributed by atoms with E-state index in [2.05, 4.69) is 10.2 Å². The molecule has 1 atom stereocenters. The molecule has 0 saturated heterocycles. The number of nitrogens with zero attached hydrogens (tertiary/aromatic N) is 3. The van der Waals surface area contributed by atoms with Crippen LogP contribution < -0.4 is 9.47 Å². The van der Waals surface area contributed by atoms with E-state index in [0.29, 0.717) is 5.11 Å². The van der Waals surface area contributed by atoms with Gasteiger partial charge in [-0.1, -0.05) is 6.07 Å². The van der Waals surface area contributed by atoms with E-state index >= 15 is 0 Å². The van der Waals surface area contributed by atoms with Crippen LogP contribution in [0.4, 0.5) is 0 Å². The lowest BCUT2D eigenvalue weighted by Gasteiger charge is -2.21. The molecule has 0 radical (unpaired) electrons. The zero-order chi connectivity index (χ0) is 11.8. The summed E-state index contributed by atoms with van der Waals surface area (Å²) in [6.45, 7) is 3.09. The summed E-state index contributed by atoms with van der Waals surface area (Å²) in [6, 6.07) is 5.79. The Morgan fingerprint density at radius 1 is 1.41 bits per heavy atom. The van der Waals surface area contributed by atoms with Crippen LogP contribution in [0.2, 0.25) is 0 Å². The Morgan fingerprint density at radius 2 is 2.24 bits per heavy atom. The minimum absolute atomic E-state index is 0.137. The van der Waals surface area contributed by atoms with Gasteiger partial charge in [0, 0.05) is 12.1 Å². The molecule has 88 valence electrons. The molecule has 1 unspecified atom stereocenters. The third-order valence-electron chi connectivity index (χ3n) is 2.83. The van der Waals surface area contributed by atoms with Gasteiger partial charge in [0.2, 0.25) is 11.9 Å². The molecular formula is C11H11N3O2S. The minimum Gasteiger partial charge on any atom is -0.454 e. The number of hydrogen-bond donors (Lipinski definition) is 0. The first kappa shape index (κ1) is 10.5. The highest BCUT2D eigenvalue weighted by Crippen LogP contribution is 2.37. The van der Waals surface area contributed by atoms with E-state index in [9.17, 15) is 0 Å². The fourth-order valence-electron chi connectivity index (χ4n) is 1.96. The molecule has 0 bridgehead atoms. The predicted molar refractivity (Wildman–Crippen MR) is 65.1 cm³/mol. The third kappa shape index (κ3) is 1.64. The van der Waals surface area contributed by atoms with Gasteiger partial charge in [0.25, 0.3) is 0 Å². The van der Waals surface area contributed by atoms with E-state index in [1.807, 2.05) is 30.0 Å². The van der Waals surface area contributed by atoms with Gasteiger partial charge < -0.3 is 14.4 Å². The summed E-state index contributed by atoms with van der Waals surface area (Å²) in [5.74, 6) is 1.53. The maximum absolute atomic E-state index is 5.35. The SMILES string of the molecule is CCN1C(=S)N=NC1c1ccc2c(c1)OCO2. The number of azo groups is 1. The van der Waals surface area contributed by atoms with Crippen LogP contribution in [0.25, 0.3) is 0 Å². The number of benzene rings is 1. The molecule has 0 fully saturated rings. The number of ether oxygens (including phenoxy) is 2. The minimum atomic E-state index is -0.137. The molecule has 2 heterocycles. The van der Waals surface area contributed by atoms with Gasteiger partial charge in [-0.15, -0.1) is 5.11 Å². The van der Waals surface area contributed by atoms with Crippen LogP contribution in [0.1, 0.15) is 18.7 Å². The van der Waals surface area contributed by atoms with Crippen molar-refractivity contribution >= 4 is 17.3 Å². The maximum Gasteiger partial charge on any atom is 0.231 e. The van der Waals surface area contributed by atoms with Crippen LogP contribution >= 0.6 is 12.2 Å². The van der Waals surface area contributed by atoms with E-state index in [4.69, 9.17) is 21.7 Å². The van der Waals surface area contributed by atoms with Gasteiger partial charge in [0.1, 0.15) is 0 Å². The van der Waals surface area contributed by atoms with Crippen LogP contribution in [-0.4, -0.2) is 23.4 Å². The molecule has 0 spiro atoms. The molecule has 17 heavy (non-hydrogen) atoms. The van der Waals surface area contributed by atoms with E-state index in [1.165, 1.54) is 0 Å². The van der Waals surface area contributed by atoms with E-state index < -0.39 is 0 Å². The van der Waals surface area contributed by atoms with Crippen molar-refractivity contribution in [2.45, 2.75) is 13.1 Å². The number of hydrogen-bond acceptors (Lipinski definition) is 4. The van der Waals surface area contributed by atoms with Crippen LogP contribution in [0.15, 0.2) is 28.4 Å². The lowest BCUT2D eigenvalue weighted by atomic mass is 10.1. The van der Waals surface area contributed by atoms with Gasteiger partial charge >= 0.3 is 0 Å². The molecule has 0 saturated carbocycles. The molecule has 0 N–H and O–H groups in total. The van der Waals surface area contributed by atoms with Crippen LogP contribution in [0.5, 0.6) is 11.5 Å². The molecular weight excluding hydrogens is 238 g/mol. The molecule has 5 nitrogen and oxygen atoms in total. The Morgan fingerprint density at radius 3 is 3.06 bits per heavy atom. The van der Waals surface area contributed by atoms with Crippen molar-refractivity contribution in [3.63, 3.8) is 0 Å². The van der Waals surface area contributed by atoms with E-state index in [-0.39, 0.29) is 13.0 Å². The van der Waals surface area contributed by atoms with Gasteiger partial charge in [-0.2, -0.15) is 5.11 Å². The van der Waals surface area contributed by atoms with Crippen molar-refractivity contribution in [3.05, 3.63) is 23.8 Å². The largest absolute Gasteiger partial charge is 0.454 e. The van der Waals surface area contributed by atoms with Gasteiger partial charge in [0.05, 0.1) is 0 Å².